The van der Waals surface area contributed by atoms with Gasteiger partial charge in [-0.15, -0.1) is 0 Å². The molecule has 1 aliphatic carbocycles. The molecule has 0 spiro atoms. The highest BCUT2D eigenvalue weighted by Crippen LogP contribution is 2.30. The highest BCUT2D eigenvalue weighted by Gasteiger charge is 2.41. The summed E-state index contributed by atoms with van der Waals surface area (Å²) < 4.78 is 18.9. The normalized spacial score (nSPS) is 25.8. The van der Waals surface area contributed by atoms with E-state index in [9.17, 15) is 14.0 Å². The fourth-order valence-corrected chi connectivity index (χ4v) is 2.53. The highest BCUT2D eigenvalue weighted by atomic mass is 19.1. The molecule has 1 aromatic rings. The lowest BCUT2D eigenvalue weighted by Crippen LogP contribution is -2.53. The van der Waals surface area contributed by atoms with Gasteiger partial charge in [0, 0.05) is 13.1 Å². The highest BCUT2D eigenvalue weighted by molar-refractivity contribution is 5.86. The Hall–Kier alpha value is -1.95. The van der Waals surface area contributed by atoms with E-state index in [1.165, 1.54) is 17.0 Å². The minimum absolute atomic E-state index is 0.134. The standard InChI is InChI=1S/C15H17FN2O3/c1-18-12(19)8-21-14(15(20)17-11-5-6-11)13(18)9-3-2-4-10(16)7-9/h2-4,7,11,13-14H,5-6,8H2,1H3,(H,17,20). The third kappa shape index (κ3) is 2.90. The maximum Gasteiger partial charge on any atom is 0.251 e. The van der Waals surface area contributed by atoms with Crippen LogP contribution in [0.5, 0.6) is 0 Å². The van der Waals surface area contributed by atoms with E-state index in [4.69, 9.17) is 4.74 Å². The molecule has 1 saturated carbocycles. The summed E-state index contributed by atoms with van der Waals surface area (Å²) in [6.07, 6.45) is 1.13. The fourth-order valence-electron chi connectivity index (χ4n) is 2.53. The fraction of sp³-hybridized carbons (Fsp3) is 0.467. The average molecular weight is 292 g/mol. The van der Waals surface area contributed by atoms with Gasteiger partial charge in [0.15, 0.2) is 6.10 Å². The van der Waals surface area contributed by atoms with Crippen LogP contribution in [0.4, 0.5) is 4.39 Å². The molecule has 1 aromatic carbocycles. The van der Waals surface area contributed by atoms with Crippen molar-refractivity contribution in [1.29, 1.82) is 0 Å². The Morgan fingerprint density at radius 1 is 1.43 bits per heavy atom. The van der Waals surface area contributed by atoms with Crippen molar-refractivity contribution in [3.05, 3.63) is 35.6 Å². The van der Waals surface area contributed by atoms with E-state index in [1.54, 1.807) is 19.2 Å². The third-order valence-corrected chi connectivity index (χ3v) is 3.86. The number of halogens is 1. The number of amides is 2. The Balaban J connectivity index is 1.88. The van der Waals surface area contributed by atoms with Gasteiger partial charge < -0.3 is 15.0 Å². The summed E-state index contributed by atoms with van der Waals surface area (Å²) in [7, 11) is 1.61. The van der Waals surface area contributed by atoms with Gasteiger partial charge in [-0.2, -0.15) is 0 Å². The van der Waals surface area contributed by atoms with Gasteiger partial charge in [0.2, 0.25) is 5.91 Å². The zero-order chi connectivity index (χ0) is 15.0. The molecule has 2 amide bonds. The molecule has 1 aliphatic heterocycles. The van der Waals surface area contributed by atoms with Gasteiger partial charge in [-0.3, -0.25) is 9.59 Å². The van der Waals surface area contributed by atoms with Gasteiger partial charge in [-0.1, -0.05) is 12.1 Å². The maximum atomic E-state index is 13.4. The topological polar surface area (TPSA) is 58.6 Å². The molecule has 0 bridgehead atoms. The maximum absolute atomic E-state index is 13.4. The van der Waals surface area contributed by atoms with Crippen LogP contribution in [0, 0.1) is 5.82 Å². The van der Waals surface area contributed by atoms with Crippen LogP contribution in [-0.2, 0) is 14.3 Å². The molecule has 5 nitrogen and oxygen atoms in total. The summed E-state index contributed by atoms with van der Waals surface area (Å²) in [5.41, 5.74) is 0.557. The Labute approximate surface area is 122 Å². The van der Waals surface area contributed by atoms with Crippen LogP contribution in [-0.4, -0.2) is 42.5 Å². The van der Waals surface area contributed by atoms with E-state index in [1.807, 2.05) is 0 Å². The molecule has 2 fully saturated rings. The van der Waals surface area contributed by atoms with Crippen molar-refractivity contribution in [3.8, 4) is 0 Å². The predicted molar refractivity (Wildman–Crippen MR) is 72.8 cm³/mol. The molecule has 1 heterocycles. The van der Waals surface area contributed by atoms with E-state index in [-0.39, 0.29) is 24.5 Å². The van der Waals surface area contributed by atoms with Crippen molar-refractivity contribution in [1.82, 2.24) is 10.2 Å². The quantitative estimate of drug-likeness (QED) is 0.904. The summed E-state index contributed by atoms with van der Waals surface area (Å²) in [5, 5.41) is 2.88. The van der Waals surface area contributed by atoms with Crippen LogP contribution >= 0.6 is 0 Å². The van der Waals surface area contributed by atoms with Gasteiger partial charge >= 0.3 is 0 Å². The largest absolute Gasteiger partial charge is 0.356 e. The number of carbonyl (C=O) groups is 2. The van der Waals surface area contributed by atoms with Gasteiger partial charge in [-0.25, -0.2) is 4.39 Å². The Morgan fingerprint density at radius 3 is 2.86 bits per heavy atom. The van der Waals surface area contributed by atoms with Crippen molar-refractivity contribution < 1.29 is 18.7 Å². The number of hydrogen-bond acceptors (Lipinski definition) is 3. The molecule has 1 N–H and O–H groups in total. The lowest BCUT2D eigenvalue weighted by molar-refractivity contribution is -0.162. The third-order valence-electron chi connectivity index (χ3n) is 3.86. The molecule has 1 saturated heterocycles. The molecule has 2 atom stereocenters. The second kappa shape index (κ2) is 5.44. The van der Waals surface area contributed by atoms with Crippen LogP contribution in [0.3, 0.4) is 0 Å². The molecule has 6 heteroatoms. The number of carbonyl (C=O) groups excluding carboxylic acids is 2. The molecule has 3 rings (SSSR count). The SMILES string of the molecule is CN1C(=O)COC(C(=O)NC2CC2)C1c1cccc(F)c1. The smallest absolute Gasteiger partial charge is 0.251 e. The van der Waals surface area contributed by atoms with Crippen molar-refractivity contribution >= 4 is 11.8 Å². The first-order valence-electron chi connectivity index (χ1n) is 6.99. The summed E-state index contributed by atoms with van der Waals surface area (Å²) in [6.45, 7) is -0.134. The van der Waals surface area contributed by atoms with Crippen LogP contribution in [0.25, 0.3) is 0 Å². The summed E-state index contributed by atoms with van der Waals surface area (Å²) in [4.78, 5) is 25.6. The number of likely N-dealkylation sites (N-methyl/N-ethyl adjacent to an activating group) is 1. The van der Waals surface area contributed by atoms with Crippen molar-refractivity contribution in [3.63, 3.8) is 0 Å². The van der Waals surface area contributed by atoms with Crippen LogP contribution in [0.1, 0.15) is 24.4 Å². The number of hydrogen-bond donors (Lipinski definition) is 1. The molecule has 21 heavy (non-hydrogen) atoms. The Morgan fingerprint density at radius 2 is 2.19 bits per heavy atom. The molecule has 2 unspecified atom stereocenters. The molecule has 2 aliphatic rings. The van der Waals surface area contributed by atoms with Crippen molar-refractivity contribution in [2.75, 3.05) is 13.7 Å². The Bertz CT molecular complexity index is 574. The first-order chi connectivity index (χ1) is 10.1. The number of benzene rings is 1. The zero-order valence-corrected chi connectivity index (χ0v) is 11.7. The first kappa shape index (κ1) is 14.0. The van der Waals surface area contributed by atoms with Crippen LogP contribution in [0.15, 0.2) is 24.3 Å². The minimum Gasteiger partial charge on any atom is -0.356 e. The molecular weight excluding hydrogens is 275 g/mol. The minimum atomic E-state index is -0.810. The van der Waals surface area contributed by atoms with Gasteiger partial charge in [0.1, 0.15) is 12.4 Å². The predicted octanol–water partition coefficient (Wildman–Crippen LogP) is 1.00. The average Bonchev–Trinajstić information content (AvgIpc) is 3.25. The van der Waals surface area contributed by atoms with Crippen molar-refractivity contribution in [2.45, 2.75) is 31.0 Å². The van der Waals surface area contributed by atoms with E-state index in [0.29, 0.717) is 5.56 Å². The number of rotatable bonds is 3. The van der Waals surface area contributed by atoms with E-state index >= 15 is 0 Å². The molecule has 0 radical (unpaired) electrons. The Kier molecular flexibility index (Phi) is 3.63. The monoisotopic (exact) mass is 292 g/mol. The van der Waals surface area contributed by atoms with E-state index in [0.717, 1.165) is 12.8 Å². The first-order valence-corrected chi connectivity index (χ1v) is 6.99. The molecule has 0 aromatic heterocycles. The number of nitrogens with one attached hydrogen (secondary N) is 1. The van der Waals surface area contributed by atoms with Crippen LogP contribution < -0.4 is 5.32 Å². The number of ether oxygens (including phenoxy) is 1. The number of morpholine rings is 1. The summed E-state index contributed by atoms with van der Waals surface area (Å²) >= 11 is 0. The lowest BCUT2D eigenvalue weighted by Gasteiger charge is -2.38. The summed E-state index contributed by atoms with van der Waals surface area (Å²) in [6, 6.07) is 5.52. The van der Waals surface area contributed by atoms with Gasteiger partial charge in [-0.05, 0) is 30.5 Å². The zero-order valence-electron chi connectivity index (χ0n) is 11.7. The van der Waals surface area contributed by atoms with Gasteiger partial charge in [0.25, 0.3) is 5.91 Å². The second-order valence-electron chi connectivity index (χ2n) is 5.52. The van der Waals surface area contributed by atoms with Crippen LogP contribution in [0.2, 0.25) is 0 Å². The van der Waals surface area contributed by atoms with Gasteiger partial charge in [0.05, 0.1) is 6.04 Å². The lowest BCUT2D eigenvalue weighted by atomic mass is 9.97. The van der Waals surface area contributed by atoms with E-state index in [2.05, 4.69) is 5.32 Å². The van der Waals surface area contributed by atoms with E-state index < -0.39 is 18.0 Å². The second-order valence-corrected chi connectivity index (χ2v) is 5.52. The summed E-state index contributed by atoms with van der Waals surface area (Å²) in [5.74, 6) is -0.869. The number of nitrogens with zero attached hydrogens (tertiary/aromatic N) is 1. The molecule has 112 valence electrons. The molecular formula is C15H17FN2O3. The van der Waals surface area contributed by atoms with Crippen molar-refractivity contribution in [2.24, 2.45) is 0 Å².